The first kappa shape index (κ1) is 12.0. The summed E-state index contributed by atoms with van der Waals surface area (Å²) in [5, 5.41) is 0. The van der Waals surface area contributed by atoms with E-state index in [1.807, 2.05) is 12.1 Å². The Bertz CT molecular complexity index is 266. The van der Waals surface area contributed by atoms with Gasteiger partial charge in [0, 0.05) is 6.61 Å². The van der Waals surface area contributed by atoms with Crippen LogP contribution in [0, 0.1) is 0 Å². The van der Waals surface area contributed by atoms with Gasteiger partial charge in [-0.15, -0.1) is 6.58 Å². The zero-order valence-corrected chi connectivity index (χ0v) is 9.49. The maximum atomic E-state index is 5.84. The molecule has 0 aromatic heterocycles. The average Bonchev–Trinajstić information content (AvgIpc) is 2.29. The Kier molecular flexibility index (Phi) is 5.79. The first-order chi connectivity index (χ1) is 7.38. The molecule has 1 aromatic carbocycles. The molecule has 0 amide bonds. The predicted molar refractivity (Wildman–Crippen MR) is 64.9 cm³/mol. The minimum Gasteiger partial charge on any atom is -0.373 e. The van der Waals surface area contributed by atoms with Gasteiger partial charge in [-0.2, -0.15) is 0 Å². The standard InChI is InChI=1S/C14H20O/c1-3-5-12-15-14(9-4-2)13-10-7-6-8-11-13/h4,6-8,10-11,14H,2-3,5,9,12H2,1H3. The van der Waals surface area contributed by atoms with Crippen molar-refractivity contribution in [1.29, 1.82) is 0 Å². The summed E-state index contributed by atoms with van der Waals surface area (Å²) in [5.41, 5.74) is 1.24. The lowest BCUT2D eigenvalue weighted by Crippen LogP contribution is -2.04. The summed E-state index contributed by atoms with van der Waals surface area (Å²) in [6.07, 6.45) is 5.28. The highest BCUT2D eigenvalue weighted by Crippen LogP contribution is 2.21. The minimum absolute atomic E-state index is 0.176. The van der Waals surface area contributed by atoms with Crippen molar-refractivity contribution in [3.05, 3.63) is 48.6 Å². The van der Waals surface area contributed by atoms with Gasteiger partial charge >= 0.3 is 0 Å². The van der Waals surface area contributed by atoms with Crippen molar-refractivity contribution in [3.63, 3.8) is 0 Å². The van der Waals surface area contributed by atoms with Crippen LogP contribution in [0.4, 0.5) is 0 Å². The lowest BCUT2D eigenvalue weighted by Gasteiger charge is -2.16. The van der Waals surface area contributed by atoms with Crippen LogP contribution in [0.3, 0.4) is 0 Å². The van der Waals surface area contributed by atoms with Crippen molar-refractivity contribution in [2.75, 3.05) is 6.61 Å². The van der Waals surface area contributed by atoms with E-state index in [1.165, 1.54) is 12.0 Å². The SMILES string of the molecule is C=CCC(OCCCC)c1ccccc1. The molecule has 0 radical (unpaired) electrons. The van der Waals surface area contributed by atoms with Crippen molar-refractivity contribution in [1.82, 2.24) is 0 Å². The smallest absolute Gasteiger partial charge is 0.0859 e. The van der Waals surface area contributed by atoms with Gasteiger partial charge in [-0.1, -0.05) is 49.8 Å². The van der Waals surface area contributed by atoms with Crippen molar-refractivity contribution < 1.29 is 4.74 Å². The summed E-state index contributed by atoms with van der Waals surface area (Å²) < 4.78 is 5.84. The molecular weight excluding hydrogens is 184 g/mol. The molecule has 1 nitrogen and oxygen atoms in total. The summed E-state index contributed by atoms with van der Waals surface area (Å²) in [5.74, 6) is 0. The minimum atomic E-state index is 0.176. The third kappa shape index (κ3) is 4.30. The van der Waals surface area contributed by atoms with Crippen molar-refractivity contribution in [2.45, 2.75) is 32.3 Å². The molecule has 1 atom stereocenters. The van der Waals surface area contributed by atoms with Crippen LogP contribution in [0.2, 0.25) is 0 Å². The number of rotatable bonds is 7. The fourth-order valence-corrected chi connectivity index (χ4v) is 1.49. The van der Waals surface area contributed by atoms with Crippen LogP contribution in [0.25, 0.3) is 0 Å². The average molecular weight is 204 g/mol. The van der Waals surface area contributed by atoms with E-state index in [-0.39, 0.29) is 6.10 Å². The van der Waals surface area contributed by atoms with Gasteiger partial charge in [0.1, 0.15) is 0 Å². The van der Waals surface area contributed by atoms with Gasteiger partial charge in [0.15, 0.2) is 0 Å². The fraction of sp³-hybridized carbons (Fsp3) is 0.429. The first-order valence-electron chi connectivity index (χ1n) is 5.66. The number of ether oxygens (including phenoxy) is 1. The Hall–Kier alpha value is -1.08. The lowest BCUT2D eigenvalue weighted by atomic mass is 10.1. The van der Waals surface area contributed by atoms with Gasteiger partial charge < -0.3 is 4.74 Å². The van der Waals surface area contributed by atoms with E-state index in [2.05, 4.69) is 37.8 Å². The molecule has 1 unspecified atom stereocenters. The maximum Gasteiger partial charge on any atom is 0.0859 e. The van der Waals surface area contributed by atoms with Crippen molar-refractivity contribution >= 4 is 0 Å². The van der Waals surface area contributed by atoms with Gasteiger partial charge in [-0.05, 0) is 18.4 Å². The number of hydrogen-bond acceptors (Lipinski definition) is 1. The van der Waals surface area contributed by atoms with Gasteiger partial charge in [0.25, 0.3) is 0 Å². The van der Waals surface area contributed by atoms with Crippen LogP contribution in [-0.4, -0.2) is 6.61 Å². The quantitative estimate of drug-likeness (QED) is 0.479. The Morgan fingerprint density at radius 1 is 1.33 bits per heavy atom. The highest BCUT2D eigenvalue weighted by atomic mass is 16.5. The van der Waals surface area contributed by atoms with E-state index in [0.717, 1.165) is 19.4 Å². The fourth-order valence-electron chi connectivity index (χ4n) is 1.49. The lowest BCUT2D eigenvalue weighted by molar-refractivity contribution is 0.0528. The van der Waals surface area contributed by atoms with Crippen LogP contribution >= 0.6 is 0 Å². The molecule has 0 fully saturated rings. The third-order valence-corrected chi connectivity index (χ3v) is 2.37. The topological polar surface area (TPSA) is 9.23 Å². The summed E-state index contributed by atoms with van der Waals surface area (Å²) in [4.78, 5) is 0. The number of hydrogen-bond donors (Lipinski definition) is 0. The molecule has 1 rings (SSSR count). The van der Waals surface area contributed by atoms with Gasteiger partial charge in [0.05, 0.1) is 6.10 Å². The van der Waals surface area contributed by atoms with Gasteiger partial charge in [0.2, 0.25) is 0 Å². The largest absolute Gasteiger partial charge is 0.373 e. The molecule has 0 spiro atoms. The van der Waals surface area contributed by atoms with E-state index >= 15 is 0 Å². The Balaban J connectivity index is 2.53. The molecule has 0 saturated carbocycles. The highest BCUT2D eigenvalue weighted by Gasteiger charge is 2.08. The van der Waals surface area contributed by atoms with Crippen LogP contribution < -0.4 is 0 Å². The molecule has 0 saturated heterocycles. The molecule has 0 aliphatic carbocycles. The van der Waals surface area contributed by atoms with E-state index in [4.69, 9.17) is 4.74 Å². The number of unbranched alkanes of at least 4 members (excludes halogenated alkanes) is 1. The van der Waals surface area contributed by atoms with Crippen LogP contribution in [0.15, 0.2) is 43.0 Å². The Morgan fingerprint density at radius 3 is 2.67 bits per heavy atom. The summed E-state index contributed by atoms with van der Waals surface area (Å²) in [6, 6.07) is 10.4. The van der Waals surface area contributed by atoms with Crippen LogP contribution in [0.1, 0.15) is 37.9 Å². The maximum absolute atomic E-state index is 5.84. The monoisotopic (exact) mass is 204 g/mol. The van der Waals surface area contributed by atoms with E-state index < -0.39 is 0 Å². The molecule has 15 heavy (non-hydrogen) atoms. The number of benzene rings is 1. The highest BCUT2D eigenvalue weighted by molar-refractivity contribution is 5.18. The van der Waals surface area contributed by atoms with Crippen LogP contribution in [-0.2, 0) is 4.74 Å². The second-order valence-corrected chi connectivity index (χ2v) is 3.65. The Labute approximate surface area is 92.8 Å². The molecule has 0 aliphatic heterocycles. The van der Waals surface area contributed by atoms with Crippen molar-refractivity contribution in [2.24, 2.45) is 0 Å². The molecular formula is C14H20O. The molecule has 1 aromatic rings. The van der Waals surface area contributed by atoms with E-state index in [0.29, 0.717) is 0 Å². The van der Waals surface area contributed by atoms with Crippen molar-refractivity contribution in [3.8, 4) is 0 Å². The second-order valence-electron chi connectivity index (χ2n) is 3.65. The molecule has 0 heterocycles. The molecule has 0 aliphatic rings. The summed E-state index contributed by atoms with van der Waals surface area (Å²) in [6.45, 7) is 6.79. The first-order valence-corrected chi connectivity index (χ1v) is 5.66. The second kappa shape index (κ2) is 7.24. The Morgan fingerprint density at radius 2 is 2.07 bits per heavy atom. The normalized spacial score (nSPS) is 12.3. The third-order valence-electron chi connectivity index (χ3n) is 2.37. The predicted octanol–water partition coefficient (Wildman–Crippen LogP) is 4.12. The zero-order valence-electron chi connectivity index (χ0n) is 9.49. The molecule has 82 valence electrons. The summed E-state index contributed by atoms with van der Waals surface area (Å²) in [7, 11) is 0. The van der Waals surface area contributed by atoms with Gasteiger partial charge in [-0.3, -0.25) is 0 Å². The molecule has 0 N–H and O–H groups in total. The zero-order chi connectivity index (χ0) is 10.9. The summed E-state index contributed by atoms with van der Waals surface area (Å²) >= 11 is 0. The molecule has 0 bridgehead atoms. The van der Waals surface area contributed by atoms with Gasteiger partial charge in [-0.25, -0.2) is 0 Å². The van der Waals surface area contributed by atoms with E-state index in [9.17, 15) is 0 Å². The van der Waals surface area contributed by atoms with Crippen LogP contribution in [0.5, 0.6) is 0 Å². The molecule has 1 heteroatoms. The van der Waals surface area contributed by atoms with E-state index in [1.54, 1.807) is 0 Å².